The summed E-state index contributed by atoms with van der Waals surface area (Å²) in [5.41, 5.74) is 0. The van der Waals surface area contributed by atoms with Crippen LogP contribution in [-0.4, -0.2) is 52.1 Å². The maximum absolute atomic E-state index is 9.34. The molecule has 0 aliphatic carbocycles. The molecule has 0 aromatic rings. The molecule has 71 valence electrons. The summed E-state index contributed by atoms with van der Waals surface area (Å²) in [5, 5.41) is 36.2. The third kappa shape index (κ3) is 1.22. The summed E-state index contributed by atoms with van der Waals surface area (Å²) >= 11 is 0. The lowest BCUT2D eigenvalue weighted by atomic mass is 10.1. The molecule has 0 aromatic carbocycles. The topological polar surface area (TPSA) is 99.4 Å². The largest absolute Gasteiger partial charge is 0.394 e. The Morgan fingerprint density at radius 3 is 2.50 bits per heavy atom. The summed E-state index contributed by atoms with van der Waals surface area (Å²) in [7, 11) is 1.10. The van der Waals surface area contributed by atoms with Crippen LogP contribution in [-0.2, 0) is 9.47 Å². The fourth-order valence-corrected chi connectivity index (χ4v) is 1.02. The van der Waals surface area contributed by atoms with E-state index in [1.54, 1.807) is 0 Å². The second kappa shape index (κ2) is 3.25. The summed E-state index contributed by atoms with van der Waals surface area (Å²) in [5.74, 6) is -2.23. The number of aliphatic hydroxyl groups excluding tert-OH is 3. The monoisotopic (exact) mass is 179 g/mol. The van der Waals surface area contributed by atoms with Gasteiger partial charge < -0.3 is 29.9 Å². The highest BCUT2D eigenvalue weighted by molar-refractivity contribution is 5.02. The molecule has 1 aliphatic heterocycles. The summed E-state index contributed by atoms with van der Waals surface area (Å²) in [4.78, 5) is 0. The van der Waals surface area contributed by atoms with Crippen molar-refractivity contribution in [1.29, 1.82) is 0 Å². The Balaban J connectivity index is 2.76. The molecule has 1 heterocycles. The van der Waals surface area contributed by atoms with Crippen molar-refractivity contribution in [2.24, 2.45) is 0 Å². The zero-order valence-corrected chi connectivity index (χ0v) is 6.47. The van der Waals surface area contributed by atoms with Gasteiger partial charge in [0.25, 0.3) is 12.1 Å². The first-order valence-corrected chi connectivity index (χ1v) is 3.35. The summed E-state index contributed by atoms with van der Waals surface area (Å²) in [6.07, 6.45) is -3.39. The quantitative estimate of drug-likeness (QED) is 0.364. The van der Waals surface area contributed by atoms with Gasteiger partial charge in [0.1, 0.15) is 12.2 Å². The maximum atomic E-state index is 9.34. The molecule has 0 aromatic heterocycles. The van der Waals surface area contributed by atoms with Crippen LogP contribution in [0.15, 0.2) is 0 Å². The highest BCUT2D eigenvalue weighted by atomic mass is 16.7. The Kier molecular flexibility index (Phi) is 2.67. The van der Waals surface area contributed by atoms with Crippen molar-refractivity contribution in [3.05, 3.63) is 6.29 Å². The lowest BCUT2D eigenvalue weighted by Gasteiger charge is -2.24. The van der Waals surface area contributed by atoms with Gasteiger partial charge in [-0.3, -0.25) is 0 Å². The Morgan fingerprint density at radius 1 is 1.67 bits per heavy atom. The van der Waals surface area contributed by atoms with Gasteiger partial charge in [-0.2, -0.15) is 0 Å². The fourth-order valence-electron chi connectivity index (χ4n) is 1.02. The van der Waals surface area contributed by atoms with Crippen LogP contribution >= 0.6 is 0 Å². The van der Waals surface area contributed by atoms with Crippen LogP contribution in [0.2, 0.25) is 0 Å². The minimum absolute atomic E-state index is 0.517. The average Bonchev–Trinajstić information content (AvgIpc) is 2.30. The summed E-state index contributed by atoms with van der Waals surface area (Å²) < 4.78 is 8.96. The molecule has 4 N–H and O–H groups in total. The van der Waals surface area contributed by atoms with Gasteiger partial charge in [-0.05, 0) is 0 Å². The Hall–Kier alpha value is -0.240. The molecule has 12 heavy (non-hydrogen) atoms. The summed E-state index contributed by atoms with van der Waals surface area (Å²) in [6, 6.07) is 0. The predicted molar refractivity (Wildman–Crippen MR) is 35.1 cm³/mol. The van der Waals surface area contributed by atoms with Crippen molar-refractivity contribution in [3.63, 3.8) is 0 Å². The molecule has 1 fully saturated rings. The predicted octanol–water partition coefficient (Wildman–Crippen LogP) is -2.06. The van der Waals surface area contributed by atoms with Gasteiger partial charge in [0.15, 0.2) is 0 Å². The van der Waals surface area contributed by atoms with Gasteiger partial charge >= 0.3 is 0 Å². The van der Waals surface area contributed by atoms with Crippen LogP contribution in [0.1, 0.15) is 0 Å². The van der Waals surface area contributed by atoms with Crippen LogP contribution < -0.4 is 0 Å². The number of rotatable bonds is 2. The van der Waals surface area contributed by atoms with Crippen molar-refractivity contribution >= 4 is 0 Å². The molecular formula is C6H11O6. The molecule has 1 radical (unpaired) electrons. The van der Waals surface area contributed by atoms with Gasteiger partial charge in [0.05, 0.1) is 6.61 Å². The lowest BCUT2D eigenvalue weighted by Crippen LogP contribution is -2.47. The van der Waals surface area contributed by atoms with E-state index in [1.807, 2.05) is 0 Å². The lowest BCUT2D eigenvalue weighted by molar-refractivity contribution is -0.247. The minimum atomic E-state index is -2.23. The molecule has 0 unspecified atom stereocenters. The van der Waals surface area contributed by atoms with Gasteiger partial charge in [-0.25, -0.2) is 0 Å². The number of ether oxygens (including phenoxy) is 2. The van der Waals surface area contributed by atoms with Crippen molar-refractivity contribution in [1.82, 2.24) is 0 Å². The normalized spacial score (nSPS) is 43.8. The molecule has 1 aliphatic rings. The van der Waals surface area contributed by atoms with E-state index < -0.39 is 30.9 Å². The third-order valence-electron chi connectivity index (χ3n) is 1.81. The van der Waals surface area contributed by atoms with Crippen molar-refractivity contribution in [3.8, 4) is 0 Å². The minimum Gasteiger partial charge on any atom is -0.394 e. The van der Waals surface area contributed by atoms with Gasteiger partial charge in [0, 0.05) is 7.11 Å². The van der Waals surface area contributed by atoms with E-state index in [4.69, 9.17) is 10.2 Å². The number of aliphatic hydroxyl groups is 4. The third-order valence-corrected chi connectivity index (χ3v) is 1.81. The Labute approximate surface area is 69.0 Å². The van der Waals surface area contributed by atoms with Crippen molar-refractivity contribution in [2.75, 3.05) is 13.7 Å². The van der Waals surface area contributed by atoms with E-state index in [0.29, 0.717) is 0 Å². The average molecular weight is 179 g/mol. The second-order valence-electron chi connectivity index (χ2n) is 2.49. The Bertz CT molecular complexity index is 162. The van der Waals surface area contributed by atoms with E-state index in [9.17, 15) is 10.2 Å². The molecule has 0 saturated carbocycles. The van der Waals surface area contributed by atoms with Crippen LogP contribution in [0, 0.1) is 6.29 Å². The van der Waals surface area contributed by atoms with E-state index >= 15 is 0 Å². The maximum Gasteiger partial charge on any atom is 0.286 e. The number of methoxy groups -OCH3 is 1. The van der Waals surface area contributed by atoms with Crippen LogP contribution in [0.4, 0.5) is 0 Å². The standard InChI is InChI=1S/C6H11O6/c1-11-6(10)4(8)3(2-7)12-5(6)9/h3-4,7-10H,2H2,1H3/t3-,4-,6+/m1/s1. The highest BCUT2D eigenvalue weighted by Gasteiger charge is 2.57. The molecule has 6 nitrogen and oxygen atoms in total. The van der Waals surface area contributed by atoms with Gasteiger partial charge in [-0.1, -0.05) is 0 Å². The first kappa shape index (κ1) is 9.85. The number of hydrogen-bond acceptors (Lipinski definition) is 6. The highest BCUT2D eigenvalue weighted by Crippen LogP contribution is 2.34. The SMILES string of the molecule is CO[C@]1(O)[C](O)O[C@H](CO)[C@H]1O. The van der Waals surface area contributed by atoms with Gasteiger partial charge in [-0.15, -0.1) is 0 Å². The van der Waals surface area contributed by atoms with Crippen LogP contribution in [0.3, 0.4) is 0 Å². The van der Waals surface area contributed by atoms with E-state index in [1.165, 1.54) is 0 Å². The summed E-state index contributed by atoms with van der Waals surface area (Å²) in [6.45, 7) is -0.517. The smallest absolute Gasteiger partial charge is 0.286 e. The first-order chi connectivity index (χ1) is 5.56. The molecule has 3 atom stereocenters. The molecule has 1 rings (SSSR count). The van der Waals surface area contributed by atoms with Crippen LogP contribution in [0.5, 0.6) is 0 Å². The van der Waals surface area contributed by atoms with E-state index in [2.05, 4.69) is 9.47 Å². The van der Waals surface area contributed by atoms with Crippen molar-refractivity contribution in [2.45, 2.75) is 18.0 Å². The molecule has 1 saturated heterocycles. The fraction of sp³-hybridized carbons (Fsp3) is 0.833. The van der Waals surface area contributed by atoms with E-state index in [0.717, 1.165) is 7.11 Å². The van der Waals surface area contributed by atoms with Gasteiger partial charge in [0.2, 0.25) is 0 Å². The van der Waals surface area contributed by atoms with Crippen molar-refractivity contribution < 1.29 is 29.9 Å². The number of hydrogen-bond donors (Lipinski definition) is 4. The zero-order valence-electron chi connectivity index (χ0n) is 6.47. The molecular weight excluding hydrogens is 168 g/mol. The molecule has 0 spiro atoms. The van der Waals surface area contributed by atoms with E-state index in [-0.39, 0.29) is 0 Å². The molecule has 0 bridgehead atoms. The zero-order chi connectivity index (χ0) is 9.35. The second-order valence-corrected chi connectivity index (χ2v) is 2.49. The molecule has 0 amide bonds. The Morgan fingerprint density at radius 2 is 2.25 bits per heavy atom. The first-order valence-electron chi connectivity index (χ1n) is 3.35. The molecule has 6 heteroatoms. The van der Waals surface area contributed by atoms with Crippen LogP contribution in [0.25, 0.3) is 0 Å².